The molecule has 0 saturated carbocycles. The van der Waals surface area contributed by atoms with E-state index in [1.54, 1.807) is 13.1 Å². The summed E-state index contributed by atoms with van der Waals surface area (Å²) in [7, 11) is 3.00. The molecule has 0 saturated heterocycles. The molecule has 0 radical (unpaired) electrons. The Morgan fingerprint density at radius 2 is 1.79 bits per heavy atom. The number of aromatic nitrogens is 5. The lowest BCUT2D eigenvalue weighted by molar-refractivity contribution is -0.140. The Morgan fingerprint density at radius 3 is 2.42 bits per heavy atom. The Labute approximate surface area is 183 Å². The lowest BCUT2D eigenvalue weighted by Crippen LogP contribution is -2.26. The lowest BCUT2D eigenvalue weighted by atomic mass is 10.0. The molecule has 0 fully saturated rings. The van der Waals surface area contributed by atoms with E-state index in [1.807, 2.05) is 0 Å². The predicted octanol–water partition coefficient (Wildman–Crippen LogP) is 3.15. The fraction of sp³-hybridized carbons (Fsp3) is 0.238. The highest BCUT2D eigenvalue weighted by Crippen LogP contribution is 2.34. The molecule has 0 aliphatic rings. The molecule has 1 atom stereocenters. The molecule has 0 spiro atoms. The molecule has 172 valence electrons. The van der Waals surface area contributed by atoms with Gasteiger partial charge in [0.15, 0.2) is 5.82 Å². The van der Waals surface area contributed by atoms with Crippen molar-refractivity contribution in [3.8, 4) is 5.82 Å². The average molecular weight is 462 g/mol. The summed E-state index contributed by atoms with van der Waals surface area (Å²) in [6.07, 6.45) is -1.97. The number of fused-ring (bicyclic) bond motifs is 1. The van der Waals surface area contributed by atoms with Gasteiger partial charge in [-0.25, -0.2) is 9.07 Å². The summed E-state index contributed by atoms with van der Waals surface area (Å²) in [4.78, 5) is 25.2. The third-order valence-electron chi connectivity index (χ3n) is 5.28. The van der Waals surface area contributed by atoms with Gasteiger partial charge in [0.05, 0.1) is 23.2 Å². The van der Waals surface area contributed by atoms with Crippen LogP contribution >= 0.6 is 0 Å². The summed E-state index contributed by atoms with van der Waals surface area (Å²) in [5, 5.41) is 11.3. The van der Waals surface area contributed by atoms with E-state index in [4.69, 9.17) is 0 Å². The summed E-state index contributed by atoms with van der Waals surface area (Å²) in [5.41, 5.74) is -2.63. The maximum absolute atomic E-state index is 14.6. The number of rotatable bonds is 4. The van der Waals surface area contributed by atoms with Gasteiger partial charge in [0.25, 0.3) is 11.1 Å². The summed E-state index contributed by atoms with van der Waals surface area (Å²) < 4.78 is 57.7. The third-order valence-corrected chi connectivity index (χ3v) is 5.28. The van der Waals surface area contributed by atoms with Crippen LogP contribution in [0.3, 0.4) is 0 Å². The molecule has 12 heteroatoms. The Morgan fingerprint density at radius 1 is 1.06 bits per heavy atom. The highest BCUT2D eigenvalue weighted by Gasteiger charge is 2.35. The van der Waals surface area contributed by atoms with Crippen molar-refractivity contribution in [2.75, 3.05) is 5.32 Å². The molecule has 0 unspecified atom stereocenters. The number of anilines is 1. The molecule has 3 aromatic heterocycles. The van der Waals surface area contributed by atoms with Gasteiger partial charge in [-0.2, -0.15) is 23.4 Å². The van der Waals surface area contributed by atoms with Crippen molar-refractivity contribution < 1.29 is 17.6 Å². The molecule has 0 aliphatic heterocycles. The number of aryl methyl sites for hydroxylation is 2. The quantitative estimate of drug-likeness (QED) is 0.471. The van der Waals surface area contributed by atoms with E-state index in [1.165, 1.54) is 41.7 Å². The topological polar surface area (TPSA) is 86.7 Å². The standard InChI is InChI=1S/C21H18F4N6O2/c1-11(12-5-4-6-15(18(12)22)21(23,24)25)27-19-14-10-31(16-7-8-26-29(16)2)17(32)9-13(14)20(33)30(3)28-19/h4-11H,1-3H3,(H,27,28)/t11-/m1/s1. The zero-order valence-electron chi connectivity index (χ0n) is 17.7. The van der Waals surface area contributed by atoms with Crippen molar-refractivity contribution in [2.45, 2.75) is 19.1 Å². The summed E-state index contributed by atoms with van der Waals surface area (Å²) >= 11 is 0. The van der Waals surface area contributed by atoms with Crippen molar-refractivity contribution in [3.05, 3.63) is 80.4 Å². The summed E-state index contributed by atoms with van der Waals surface area (Å²) in [6, 6.07) is 4.81. The number of alkyl halides is 3. The minimum absolute atomic E-state index is 0.0510. The number of nitrogens with zero attached hydrogens (tertiary/aromatic N) is 5. The molecule has 8 nitrogen and oxygen atoms in total. The molecular formula is C21H18F4N6O2. The first-order valence-corrected chi connectivity index (χ1v) is 9.73. The average Bonchev–Trinajstić information content (AvgIpc) is 3.16. The van der Waals surface area contributed by atoms with Crippen molar-refractivity contribution >= 4 is 16.6 Å². The highest BCUT2D eigenvalue weighted by atomic mass is 19.4. The van der Waals surface area contributed by atoms with Crippen LogP contribution in [0.4, 0.5) is 23.4 Å². The van der Waals surface area contributed by atoms with E-state index in [-0.39, 0.29) is 22.2 Å². The van der Waals surface area contributed by atoms with Gasteiger partial charge in [0, 0.05) is 43.4 Å². The second kappa shape index (κ2) is 7.87. The molecule has 3 heterocycles. The van der Waals surface area contributed by atoms with Crippen molar-refractivity contribution in [3.63, 3.8) is 0 Å². The lowest BCUT2D eigenvalue weighted by Gasteiger charge is -2.19. The normalized spacial score (nSPS) is 12.8. The fourth-order valence-corrected chi connectivity index (χ4v) is 3.60. The number of hydrogen-bond donors (Lipinski definition) is 1. The van der Waals surface area contributed by atoms with E-state index in [2.05, 4.69) is 15.5 Å². The van der Waals surface area contributed by atoms with Crippen molar-refractivity contribution in [1.29, 1.82) is 0 Å². The monoisotopic (exact) mass is 462 g/mol. The van der Waals surface area contributed by atoms with Gasteiger partial charge in [-0.15, -0.1) is 0 Å². The number of pyridine rings is 1. The maximum atomic E-state index is 14.6. The highest BCUT2D eigenvalue weighted by molar-refractivity contribution is 5.90. The van der Waals surface area contributed by atoms with Gasteiger partial charge in [0.2, 0.25) is 0 Å². The van der Waals surface area contributed by atoms with Crippen LogP contribution in [0, 0.1) is 5.82 Å². The maximum Gasteiger partial charge on any atom is 0.419 e. The van der Waals surface area contributed by atoms with Crippen LogP contribution < -0.4 is 16.4 Å². The summed E-state index contributed by atoms with van der Waals surface area (Å²) in [6.45, 7) is 1.47. The van der Waals surface area contributed by atoms with E-state index >= 15 is 0 Å². The largest absolute Gasteiger partial charge is 0.419 e. The first kappa shape index (κ1) is 22.2. The van der Waals surface area contributed by atoms with Gasteiger partial charge in [-0.1, -0.05) is 12.1 Å². The zero-order valence-corrected chi connectivity index (χ0v) is 17.7. The number of nitrogens with one attached hydrogen (secondary N) is 1. The molecule has 1 N–H and O–H groups in total. The smallest absolute Gasteiger partial charge is 0.361 e. The molecule has 0 bridgehead atoms. The van der Waals surface area contributed by atoms with Crippen LogP contribution in [0.5, 0.6) is 0 Å². The first-order valence-electron chi connectivity index (χ1n) is 9.73. The van der Waals surface area contributed by atoms with Crippen LogP contribution in [0.2, 0.25) is 0 Å². The van der Waals surface area contributed by atoms with Gasteiger partial charge >= 0.3 is 6.18 Å². The second-order valence-corrected chi connectivity index (χ2v) is 7.47. The second-order valence-electron chi connectivity index (χ2n) is 7.47. The van der Waals surface area contributed by atoms with E-state index in [0.29, 0.717) is 11.9 Å². The van der Waals surface area contributed by atoms with Crippen LogP contribution in [0.15, 0.2) is 52.3 Å². The minimum Gasteiger partial charge on any atom is -0.361 e. The van der Waals surface area contributed by atoms with Crippen LogP contribution in [0.1, 0.15) is 24.1 Å². The molecule has 0 amide bonds. The molecular weight excluding hydrogens is 444 g/mol. The molecule has 4 rings (SSSR count). The minimum atomic E-state index is -4.85. The van der Waals surface area contributed by atoms with Crippen molar-refractivity contribution in [2.24, 2.45) is 14.1 Å². The number of hydrogen-bond acceptors (Lipinski definition) is 5. The Hall–Kier alpha value is -3.96. The van der Waals surface area contributed by atoms with Gasteiger partial charge in [0.1, 0.15) is 11.6 Å². The molecule has 1 aromatic carbocycles. The van der Waals surface area contributed by atoms with E-state index in [0.717, 1.165) is 16.8 Å². The molecule has 33 heavy (non-hydrogen) atoms. The molecule has 0 aliphatic carbocycles. The number of benzene rings is 1. The van der Waals surface area contributed by atoms with Gasteiger partial charge in [-0.05, 0) is 13.0 Å². The Bertz CT molecular complexity index is 1490. The fourth-order valence-electron chi connectivity index (χ4n) is 3.60. The van der Waals surface area contributed by atoms with E-state index in [9.17, 15) is 27.2 Å². The van der Waals surface area contributed by atoms with Crippen LogP contribution in [-0.4, -0.2) is 24.1 Å². The van der Waals surface area contributed by atoms with E-state index < -0.39 is 34.7 Å². The van der Waals surface area contributed by atoms with Crippen LogP contribution in [-0.2, 0) is 20.3 Å². The Kier molecular flexibility index (Phi) is 5.30. The number of halogens is 4. The first-order chi connectivity index (χ1) is 15.5. The third kappa shape index (κ3) is 3.88. The SMILES string of the molecule is C[C@@H](Nc1nn(C)c(=O)c2cc(=O)n(-c3ccnn3C)cc12)c1cccc(C(F)(F)F)c1F. The predicted molar refractivity (Wildman–Crippen MR) is 113 cm³/mol. The zero-order chi connectivity index (χ0) is 24.1. The molecule has 4 aromatic rings. The van der Waals surface area contributed by atoms with Gasteiger partial charge < -0.3 is 5.32 Å². The Balaban J connectivity index is 1.86. The van der Waals surface area contributed by atoms with Crippen LogP contribution in [0.25, 0.3) is 16.6 Å². The van der Waals surface area contributed by atoms with Gasteiger partial charge in [-0.3, -0.25) is 18.8 Å². The van der Waals surface area contributed by atoms with Crippen molar-refractivity contribution in [1.82, 2.24) is 24.1 Å². The summed E-state index contributed by atoms with van der Waals surface area (Å²) in [5.74, 6) is -0.885.